The largest absolute Gasteiger partial charge is 0.301 e. The SMILES string of the molecule is Cc1nnc(CN(C)CC2CCN(C(C)C)C2)s1. The van der Waals surface area contributed by atoms with Crippen molar-refractivity contribution in [3.8, 4) is 0 Å². The van der Waals surface area contributed by atoms with Gasteiger partial charge in [-0.15, -0.1) is 21.5 Å². The summed E-state index contributed by atoms with van der Waals surface area (Å²) in [5.74, 6) is 0.811. The summed E-state index contributed by atoms with van der Waals surface area (Å²) in [5.41, 5.74) is 0. The van der Waals surface area contributed by atoms with Crippen molar-refractivity contribution in [1.29, 1.82) is 0 Å². The summed E-state index contributed by atoms with van der Waals surface area (Å²) in [4.78, 5) is 4.96. The first-order valence-electron chi connectivity index (χ1n) is 6.76. The molecule has 0 bridgehead atoms. The molecule has 1 aromatic rings. The van der Waals surface area contributed by atoms with Crippen LogP contribution in [-0.2, 0) is 6.54 Å². The van der Waals surface area contributed by atoms with Gasteiger partial charge in [-0.1, -0.05) is 0 Å². The highest BCUT2D eigenvalue weighted by atomic mass is 32.1. The van der Waals surface area contributed by atoms with E-state index in [0.29, 0.717) is 6.04 Å². The fourth-order valence-electron chi connectivity index (χ4n) is 2.62. The summed E-state index contributed by atoms with van der Waals surface area (Å²) in [7, 11) is 2.19. The van der Waals surface area contributed by atoms with Gasteiger partial charge in [0, 0.05) is 19.1 Å². The van der Waals surface area contributed by atoms with Gasteiger partial charge in [-0.2, -0.15) is 0 Å². The van der Waals surface area contributed by atoms with E-state index in [4.69, 9.17) is 0 Å². The molecule has 2 rings (SSSR count). The Hall–Kier alpha value is -0.520. The lowest BCUT2D eigenvalue weighted by atomic mass is 10.1. The summed E-state index contributed by atoms with van der Waals surface area (Å²) < 4.78 is 0. The molecule has 0 aromatic carbocycles. The van der Waals surface area contributed by atoms with Crippen LogP contribution in [0.25, 0.3) is 0 Å². The van der Waals surface area contributed by atoms with E-state index in [9.17, 15) is 0 Å². The lowest BCUT2D eigenvalue weighted by Crippen LogP contribution is -2.31. The molecule has 0 amide bonds. The molecule has 0 spiro atoms. The Morgan fingerprint density at radius 1 is 1.44 bits per heavy atom. The van der Waals surface area contributed by atoms with Crippen LogP contribution in [0.5, 0.6) is 0 Å². The van der Waals surface area contributed by atoms with Gasteiger partial charge in [-0.25, -0.2) is 0 Å². The summed E-state index contributed by atoms with van der Waals surface area (Å²) in [6.07, 6.45) is 1.33. The molecular formula is C13H24N4S. The van der Waals surface area contributed by atoms with Gasteiger partial charge in [0.1, 0.15) is 10.0 Å². The number of likely N-dealkylation sites (tertiary alicyclic amines) is 1. The molecule has 4 nitrogen and oxygen atoms in total. The maximum atomic E-state index is 4.19. The molecule has 1 atom stereocenters. The van der Waals surface area contributed by atoms with Crippen molar-refractivity contribution in [3.63, 3.8) is 0 Å². The smallest absolute Gasteiger partial charge is 0.131 e. The molecule has 102 valence electrons. The average Bonchev–Trinajstić information content (AvgIpc) is 2.88. The van der Waals surface area contributed by atoms with Gasteiger partial charge >= 0.3 is 0 Å². The van der Waals surface area contributed by atoms with Crippen molar-refractivity contribution < 1.29 is 0 Å². The molecule has 1 fully saturated rings. The molecule has 18 heavy (non-hydrogen) atoms. The minimum Gasteiger partial charge on any atom is -0.301 e. The third kappa shape index (κ3) is 3.73. The second-order valence-corrected chi connectivity index (χ2v) is 6.92. The Morgan fingerprint density at radius 2 is 2.22 bits per heavy atom. The maximum absolute atomic E-state index is 4.19. The maximum Gasteiger partial charge on any atom is 0.131 e. The highest BCUT2D eigenvalue weighted by molar-refractivity contribution is 7.11. The normalized spacial score (nSPS) is 21.3. The monoisotopic (exact) mass is 268 g/mol. The summed E-state index contributed by atoms with van der Waals surface area (Å²) in [6, 6.07) is 0.686. The Morgan fingerprint density at radius 3 is 2.78 bits per heavy atom. The molecule has 1 aliphatic rings. The van der Waals surface area contributed by atoms with Gasteiger partial charge in [0.25, 0.3) is 0 Å². The van der Waals surface area contributed by atoms with Crippen LogP contribution in [0.2, 0.25) is 0 Å². The molecule has 0 saturated carbocycles. The highest BCUT2D eigenvalue weighted by Gasteiger charge is 2.25. The number of aromatic nitrogens is 2. The molecule has 0 radical (unpaired) electrons. The van der Waals surface area contributed by atoms with E-state index >= 15 is 0 Å². The third-order valence-electron chi connectivity index (χ3n) is 3.59. The van der Waals surface area contributed by atoms with E-state index in [1.807, 2.05) is 6.92 Å². The lowest BCUT2D eigenvalue weighted by Gasteiger charge is -2.22. The number of hydrogen-bond donors (Lipinski definition) is 0. The molecular weight excluding hydrogens is 244 g/mol. The predicted molar refractivity (Wildman–Crippen MR) is 75.8 cm³/mol. The standard InChI is InChI=1S/C13H24N4S/c1-10(2)17-6-5-12(8-17)7-16(4)9-13-15-14-11(3)18-13/h10,12H,5-9H2,1-4H3. The fraction of sp³-hybridized carbons (Fsp3) is 0.846. The van der Waals surface area contributed by atoms with Crippen molar-refractivity contribution in [3.05, 3.63) is 10.0 Å². The van der Waals surface area contributed by atoms with Crippen LogP contribution in [0.1, 0.15) is 30.3 Å². The van der Waals surface area contributed by atoms with Gasteiger partial charge < -0.3 is 4.90 Å². The van der Waals surface area contributed by atoms with Gasteiger partial charge in [-0.3, -0.25) is 4.90 Å². The number of rotatable bonds is 5. The first-order valence-corrected chi connectivity index (χ1v) is 7.58. The topological polar surface area (TPSA) is 32.3 Å². The highest BCUT2D eigenvalue weighted by Crippen LogP contribution is 2.20. The van der Waals surface area contributed by atoms with E-state index in [1.165, 1.54) is 26.1 Å². The lowest BCUT2D eigenvalue weighted by molar-refractivity contribution is 0.235. The van der Waals surface area contributed by atoms with Crippen molar-refractivity contribution in [2.24, 2.45) is 5.92 Å². The van der Waals surface area contributed by atoms with E-state index in [-0.39, 0.29) is 0 Å². The average molecular weight is 268 g/mol. The van der Waals surface area contributed by atoms with Crippen LogP contribution in [0.15, 0.2) is 0 Å². The van der Waals surface area contributed by atoms with Gasteiger partial charge in [0.15, 0.2) is 0 Å². The first kappa shape index (κ1) is 13.9. The van der Waals surface area contributed by atoms with Gasteiger partial charge in [0.05, 0.1) is 6.54 Å². The molecule has 0 N–H and O–H groups in total. The van der Waals surface area contributed by atoms with Crippen LogP contribution in [0, 0.1) is 12.8 Å². The summed E-state index contributed by atoms with van der Waals surface area (Å²) in [5, 5.41) is 10.5. The minimum absolute atomic E-state index is 0.686. The van der Waals surface area contributed by atoms with Crippen LogP contribution in [0.3, 0.4) is 0 Å². The van der Waals surface area contributed by atoms with Crippen molar-refractivity contribution >= 4 is 11.3 Å². The quantitative estimate of drug-likeness (QED) is 0.818. The zero-order valence-corrected chi connectivity index (χ0v) is 12.7. The second-order valence-electron chi connectivity index (χ2n) is 5.65. The van der Waals surface area contributed by atoms with E-state index in [2.05, 4.69) is 40.9 Å². The Labute approximate surface area is 114 Å². The van der Waals surface area contributed by atoms with Crippen LogP contribution >= 0.6 is 11.3 Å². The number of nitrogens with zero attached hydrogens (tertiary/aromatic N) is 4. The van der Waals surface area contributed by atoms with Crippen LogP contribution < -0.4 is 0 Å². The van der Waals surface area contributed by atoms with Crippen LogP contribution in [-0.4, -0.2) is 52.7 Å². The van der Waals surface area contributed by atoms with Gasteiger partial charge in [-0.05, 0) is 46.7 Å². The summed E-state index contributed by atoms with van der Waals surface area (Å²) in [6.45, 7) is 11.2. The third-order valence-corrected chi connectivity index (χ3v) is 4.41. The second kappa shape index (κ2) is 6.08. The van der Waals surface area contributed by atoms with Crippen molar-refractivity contribution in [1.82, 2.24) is 20.0 Å². The van der Waals surface area contributed by atoms with Crippen LogP contribution in [0.4, 0.5) is 0 Å². The zero-order chi connectivity index (χ0) is 13.1. The molecule has 1 unspecified atom stereocenters. The first-order chi connectivity index (χ1) is 8.54. The minimum atomic E-state index is 0.686. The molecule has 0 aliphatic carbocycles. The zero-order valence-electron chi connectivity index (χ0n) is 11.9. The van der Waals surface area contributed by atoms with E-state index in [0.717, 1.165) is 22.5 Å². The predicted octanol–water partition coefficient (Wildman–Crippen LogP) is 2.01. The Kier molecular flexibility index (Phi) is 4.70. The summed E-state index contributed by atoms with van der Waals surface area (Å²) >= 11 is 1.71. The van der Waals surface area contributed by atoms with Crippen molar-refractivity contribution in [2.75, 3.05) is 26.7 Å². The van der Waals surface area contributed by atoms with Gasteiger partial charge in [0.2, 0.25) is 0 Å². The fourth-order valence-corrected chi connectivity index (χ4v) is 3.41. The molecule has 1 saturated heterocycles. The molecule has 1 aliphatic heterocycles. The molecule has 1 aromatic heterocycles. The Bertz CT molecular complexity index is 377. The number of hydrogen-bond acceptors (Lipinski definition) is 5. The van der Waals surface area contributed by atoms with E-state index < -0.39 is 0 Å². The molecule has 5 heteroatoms. The van der Waals surface area contributed by atoms with E-state index in [1.54, 1.807) is 11.3 Å². The Balaban J connectivity index is 1.76. The molecule has 2 heterocycles. The van der Waals surface area contributed by atoms with Crippen molar-refractivity contribution in [2.45, 2.75) is 39.8 Å². The number of aryl methyl sites for hydroxylation is 1.